The Balaban J connectivity index is 3.02. The fourth-order valence-corrected chi connectivity index (χ4v) is 0.644. The molecule has 60 valence electrons. The van der Waals surface area contributed by atoms with Crippen LogP contribution in [-0.4, -0.2) is 12.8 Å². The average molecular weight is 141 g/mol. The highest BCUT2D eigenvalue weighted by Crippen LogP contribution is 1.98. The zero-order valence-corrected chi connectivity index (χ0v) is 7.43. The van der Waals surface area contributed by atoms with Gasteiger partial charge in [-0.3, -0.25) is 4.99 Å². The lowest BCUT2D eigenvalue weighted by Gasteiger charge is -1.98. The number of nitrogens with zero attached hydrogens (tertiary/aromatic N) is 1. The zero-order valence-electron chi connectivity index (χ0n) is 7.43. The van der Waals surface area contributed by atoms with Crippen LogP contribution in [0.4, 0.5) is 0 Å². The summed E-state index contributed by atoms with van der Waals surface area (Å²) in [5.74, 6) is 0.791. The van der Waals surface area contributed by atoms with E-state index in [1.54, 1.807) is 0 Å². The van der Waals surface area contributed by atoms with Crippen molar-refractivity contribution >= 4 is 6.21 Å². The molecular weight excluding hydrogens is 122 g/mol. The van der Waals surface area contributed by atoms with Crippen LogP contribution in [0, 0.1) is 5.92 Å². The number of hydrogen-bond donors (Lipinski definition) is 0. The van der Waals surface area contributed by atoms with Gasteiger partial charge in [-0.25, -0.2) is 0 Å². The van der Waals surface area contributed by atoms with Gasteiger partial charge in [-0.15, -0.1) is 0 Å². The van der Waals surface area contributed by atoms with Crippen LogP contribution in [0.5, 0.6) is 0 Å². The van der Waals surface area contributed by atoms with Crippen molar-refractivity contribution < 1.29 is 0 Å². The fraction of sp³-hybridized carbons (Fsp3) is 0.889. The number of rotatable bonds is 5. The third-order valence-corrected chi connectivity index (χ3v) is 1.38. The van der Waals surface area contributed by atoms with Gasteiger partial charge in [-0.2, -0.15) is 0 Å². The highest BCUT2D eigenvalue weighted by molar-refractivity contribution is 5.56. The molecular formula is C9H19N. The van der Waals surface area contributed by atoms with Gasteiger partial charge in [0.1, 0.15) is 0 Å². The summed E-state index contributed by atoms with van der Waals surface area (Å²) < 4.78 is 0. The van der Waals surface area contributed by atoms with Crippen molar-refractivity contribution in [2.24, 2.45) is 10.9 Å². The molecule has 10 heavy (non-hydrogen) atoms. The first-order valence-electron chi connectivity index (χ1n) is 4.25. The SMILES string of the molecule is CCCC=NCCC(C)C. The summed E-state index contributed by atoms with van der Waals surface area (Å²) in [5, 5.41) is 0. The molecule has 1 heteroatoms. The standard InChI is InChI=1S/C9H19N/c1-4-5-7-10-8-6-9(2)3/h7,9H,4-6,8H2,1-3H3. The van der Waals surface area contributed by atoms with E-state index in [-0.39, 0.29) is 0 Å². The molecule has 0 heterocycles. The molecule has 0 saturated heterocycles. The van der Waals surface area contributed by atoms with Crippen LogP contribution >= 0.6 is 0 Å². The Morgan fingerprint density at radius 3 is 2.60 bits per heavy atom. The summed E-state index contributed by atoms with van der Waals surface area (Å²) in [6.07, 6.45) is 5.62. The second kappa shape index (κ2) is 6.79. The van der Waals surface area contributed by atoms with E-state index in [2.05, 4.69) is 25.8 Å². The molecule has 0 rings (SSSR count). The van der Waals surface area contributed by atoms with E-state index < -0.39 is 0 Å². The van der Waals surface area contributed by atoms with Gasteiger partial charge in [0.25, 0.3) is 0 Å². The Hall–Kier alpha value is -0.330. The molecule has 0 bridgehead atoms. The molecule has 0 unspecified atom stereocenters. The predicted octanol–water partition coefficient (Wildman–Crippen LogP) is 2.90. The first-order valence-corrected chi connectivity index (χ1v) is 4.25. The van der Waals surface area contributed by atoms with Gasteiger partial charge in [0, 0.05) is 6.54 Å². The van der Waals surface area contributed by atoms with Gasteiger partial charge < -0.3 is 0 Å². The lowest BCUT2D eigenvalue weighted by atomic mass is 10.1. The van der Waals surface area contributed by atoms with Crippen LogP contribution in [0.2, 0.25) is 0 Å². The highest BCUT2D eigenvalue weighted by atomic mass is 14.7. The molecule has 0 atom stereocenters. The Kier molecular flexibility index (Phi) is 6.56. The maximum absolute atomic E-state index is 4.28. The molecule has 0 radical (unpaired) electrons. The van der Waals surface area contributed by atoms with E-state index in [0.29, 0.717) is 0 Å². The van der Waals surface area contributed by atoms with E-state index in [9.17, 15) is 0 Å². The van der Waals surface area contributed by atoms with E-state index in [1.165, 1.54) is 12.8 Å². The Morgan fingerprint density at radius 2 is 2.10 bits per heavy atom. The van der Waals surface area contributed by atoms with Crippen LogP contribution in [0.15, 0.2) is 4.99 Å². The molecule has 0 aliphatic rings. The van der Waals surface area contributed by atoms with Crippen molar-refractivity contribution in [3.8, 4) is 0 Å². The summed E-state index contributed by atoms with van der Waals surface area (Å²) in [7, 11) is 0. The van der Waals surface area contributed by atoms with E-state index in [4.69, 9.17) is 0 Å². The van der Waals surface area contributed by atoms with Gasteiger partial charge in [0.05, 0.1) is 0 Å². The van der Waals surface area contributed by atoms with Crippen LogP contribution < -0.4 is 0 Å². The quantitative estimate of drug-likeness (QED) is 0.522. The molecule has 0 N–H and O–H groups in total. The second-order valence-corrected chi connectivity index (χ2v) is 3.06. The first kappa shape index (κ1) is 9.67. The minimum atomic E-state index is 0.791. The number of hydrogen-bond acceptors (Lipinski definition) is 1. The molecule has 1 nitrogen and oxygen atoms in total. The minimum absolute atomic E-state index is 0.791. The zero-order chi connectivity index (χ0) is 7.82. The predicted molar refractivity (Wildman–Crippen MR) is 47.7 cm³/mol. The van der Waals surface area contributed by atoms with Gasteiger partial charge >= 0.3 is 0 Å². The topological polar surface area (TPSA) is 12.4 Å². The monoisotopic (exact) mass is 141 g/mol. The third kappa shape index (κ3) is 7.67. The van der Waals surface area contributed by atoms with Crippen molar-refractivity contribution in [1.29, 1.82) is 0 Å². The van der Waals surface area contributed by atoms with Crippen molar-refractivity contribution in [3.63, 3.8) is 0 Å². The third-order valence-electron chi connectivity index (χ3n) is 1.38. The van der Waals surface area contributed by atoms with E-state index in [0.717, 1.165) is 18.9 Å². The largest absolute Gasteiger partial charge is 0.298 e. The molecule has 0 amide bonds. The lowest BCUT2D eigenvalue weighted by molar-refractivity contribution is 0.597. The fourth-order valence-electron chi connectivity index (χ4n) is 0.644. The average Bonchev–Trinajstić information content (AvgIpc) is 1.87. The molecule has 0 aromatic rings. The smallest absolute Gasteiger partial charge is 0.0387 e. The van der Waals surface area contributed by atoms with Crippen LogP contribution in [-0.2, 0) is 0 Å². The minimum Gasteiger partial charge on any atom is -0.298 e. The first-order chi connectivity index (χ1) is 4.77. The van der Waals surface area contributed by atoms with Crippen LogP contribution in [0.3, 0.4) is 0 Å². The van der Waals surface area contributed by atoms with Gasteiger partial charge in [-0.05, 0) is 25.0 Å². The summed E-state index contributed by atoms with van der Waals surface area (Å²) in [6, 6.07) is 0. The van der Waals surface area contributed by atoms with E-state index >= 15 is 0 Å². The van der Waals surface area contributed by atoms with Gasteiger partial charge in [0.2, 0.25) is 0 Å². The maximum Gasteiger partial charge on any atom is 0.0387 e. The highest BCUT2D eigenvalue weighted by Gasteiger charge is 1.89. The molecule has 0 aromatic heterocycles. The van der Waals surface area contributed by atoms with Crippen molar-refractivity contribution in [2.75, 3.05) is 6.54 Å². The van der Waals surface area contributed by atoms with Crippen molar-refractivity contribution in [3.05, 3.63) is 0 Å². The molecule has 0 aliphatic heterocycles. The van der Waals surface area contributed by atoms with Crippen LogP contribution in [0.25, 0.3) is 0 Å². The Bertz CT molecular complexity index is 84.7. The second-order valence-electron chi connectivity index (χ2n) is 3.06. The van der Waals surface area contributed by atoms with Crippen LogP contribution in [0.1, 0.15) is 40.0 Å². The van der Waals surface area contributed by atoms with Crippen molar-refractivity contribution in [2.45, 2.75) is 40.0 Å². The molecule has 0 saturated carbocycles. The van der Waals surface area contributed by atoms with Gasteiger partial charge in [-0.1, -0.05) is 27.2 Å². The van der Waals surface area contributed by atoms with E-state index in [1.807, 2.05) is 6.21 Å². The summed E-state index contributed by atoms with van der Waals surface area (Å²) in [5.41, 5.74) is 0. The van der Waals surface area contributed by atoms with Crippen molar-refractivity contribution in [1.82, 2.24) is 0 Å². The number of unbranched alkanes of at least 4 members (excludes halogenated alkanes) is 1. The molecule has 0 aliphatic carbocycles. The molecule has 0 spiro atoms. The maximum atomic E-state index is 4.28. The number of aliphatic imine (C=N–C) groups is 1. The molecule has 0 fully saturated rings. The normalized spacial score (nSPS) is 11.6. The Labute approximate surface area is 64.6 Å². The van der Waals surface area contributed by atoms with Gasteiger partial charge in [0.15, 0.2) is 0 Å². The molecule has 0 aromatic carbocycles. The summed E-state index contributed by atoms with van der Waals surface area (Å²) in [6.45, 7) is 7.65. The Morgan fingerprint density at radius 1 is 1.40 bits per heavy atom. The summed E-state index contributed by atoms with van der Waals surface area (Å²) >= 11 is 0. The lowest BCUT2D eigenvalue weighted by Crippen LogP contribution is -1.90. The summed E-state index contributed by atoms with van der Waals surface area (Å²) in [4.78, 5) is 4.28.